The Morgan fingerprint density at radius 3 is 2.26 bits per heavy atom. The second kappa shape index (κ2) is 7.20. The molecule has 0 saturated carbocycles. The first-order valence-corrected chi connectivity index (χ1v) is 8.48. The molecule has 0 spiro atoms. The lowest BCUT2D eigenvalue weighted by Gasteiger charge is -2.16. The standard InChI is InChI=1S/C20H18O7/c21-9-14(5-12-1-3-16-18(7-12)26-10-24-16)15(20(22)23)6-13-2-4-17-19(8-13)27-11-25-17/h1-4,6-8,14,21H,5,9-11H2,(H,22,23)/b15-6-. The molecular weight excluding hydrogens is 352 g/mol. The number of rotatable bonds is 6. The van der Waals surface area contributed by atoms with Crippen LogP contribution in [0.3, 0.4) is 0 Å². The van der Waals surface area contributed by atoms with Crippen molar-refractivity contribution in [2.24, 2.45) is 5.92 Å². The van der Waals surface area contributed by atoms with Gasteiger partial charge in [0, 0.05) is 11.5 Å². The maximum absolute atomic E-state index is 11.8. The molecule has 7 heteroatoms. The molecular formula is C20H18O7. The number of hydrogen-bond acceptors (Lipinski definition) is 6. The highest BCUT2D eigenvalue weighted by atomic mass is 16.7. The molecule has 0 fully saturated rings. The van der Waals surface area contributed by atoms with Crippen LogP contribution in [0.5, 0.6) is 23.0 Å². The van der Waals surface area contributed by atoms with E-state index >= 15 is 0 Å². The fourth-order valence-electron chi connectivity index (χ4n) is 3.16. The third-order valence-electron chi connectivity index (χ3n) is 4.55. The van der Waals surface area contributed by atoms with E-state index in [-0.39, 0.29) is 25.8 Å². The van der Waals surface area contributed by atoms with Crippen molar-refractivity contribution in [1.29, 1.82) is 0 Å². The summed E-state index contributed by atoms with van der Waals surface area (Å²) in [5.41, 5.74) is 1.64. The number of ether oxygens (including phenoxy) is 4. The summed E-state index contributed by atoms with van der Waals surface area (Å²) in [5, 5.41) is 19.5. The van der Waals surface area contributed by atoms with Gasteiger partial charge in [0.15, 0.2) is 23.0 Å². The van der Waals surface area contributed by atoms with Gasteiger partial charge in [0.1, 0.15) is 0 Å². The molecule has 2 aromatic carbocycles. The van der Waals surface area contributed by atoms with Gasteiger partial charge in [-0.2, -0.15) is 0 Å². The Labute approximate surface area is 155 Å². The number of carboxylic acids is 1. The van der Waals surface area contributed by atoms with Crippen LogP contribution in [0.4, 0.5) is 0 Å². The molecule has 0 aromatic heterocycles. The predicted octanol–water partition coefficient (Wildman–Crippen LogP) is 2.46. The van der Waals surface area contributed by atoms with Gasteiger partial charge in [-0.1, -0.05) is 12.1 Å². The summed E-state index contributed by atoms with van der Waals surface area (Å²) < 4.78 is 21.2. The van der Waals surface area contributed by atoms with Crippen LogP contribution in [0.2, 0.25) is 0 Å². The van der Waals surface area contributed by atoms with Crippen LogP contribution in [-0.4, -0.2) is 36.4 Å². The minimum atomic E-state index is -1.08. The lowest BCUT2D eigenvalue weighted by Crippen LogP contribution is -2.18. The van der Waals surface area contributed by atoms with Crippen LogP contribution in [0.25, 0.3) is 6.08 Å². The Hall–Kier alpha value is -3.19. The highest BCUT2D eigenvalue weighted by Gasteiger charge is 2.23. The zero-order valence-corrected chi connectivity index (χ0v) is 14.4. The zero-order chi connectivity index (χ0) is 18.8. The molecule has 2 aromatic rings. The largest absolute Gasteiger partial charge is 0.478 e. The summed E-state index contributed by atoms with van der Waals surface area (Å²) in [5.74, 6) is 0.836. The number of benzene rings is 2. The van der Waals surface area contributed by atoms with Crippen LogP contribution >= 0.6 is 0 Å². The topological polar surface area (TPSA) is 94.5 Å². The Bertz CT molecular complexity index is 903. The van der Waals surface area contributed by atoms with E-state index in [1.165, 1.54) is 0 Å². The number of aliphatic hydroxyl groups excluding tert-OH is 1. The first kappa shape index (κ1) is 17.2. The second-order valence-electron chi connectivity index (χ2n) is 6.29. The molecule has 1 unspecified atom stereocenters. The van der Waals surface area contributed by atoms with E-state index in [1.807, 2.05) is 12.1 Å². The SMILES string of the molecule is O=C(O)/C(=C\c1ccc2c(c1)OCO2)C(CO)Cc1ccc2c(c1)OCO2. The molecule has 2 N–H and O–H groups in total. The van der Waals surface area contributed by atoms with E-state index in [2.05, 4.69) is 0 Å². The van der Waals surface area contributed by atoms with Crippen molar-refractivity contribution < 1.29 is 34.0 Å². The molecule has 140 valence electrons. The number of carboxylic acid groups (broad SMARTS) is 1. The highest BCUT2D eigenvalue weighted by Crippen LogP contribution is 2.35. The van der Waals surface area contributed by atoms with E-state index in [0.29, 0.717) is 35.0 Å². The summed E-state index contributed by atoms with van der Waals surface area (Å²) in [6.45, 7) is 0.0292. The van der Waals surface area contributed by atoms with Gasteiger partial charge in [-0.3, -0.25) is 0 Å². The molecule has 27 heavy (non-hydrogen) atoms. The molecule has 1 atom stereocenters. The van der Waals surface area contributed by atoms with Gasteiger partial charge in [0.25, 0.3) is 0 Å². The third kappa shape index (κ3) is 3.54. The molecule has 0 aliphatic carbocycles. The first-order valence-electron chi connectivity index (χ1n) is 8.48. The maximum atomic E-state index is 11.8. The molecule has 0 bridgehead atoms. The van der Waals surface area contributed by atoms with Crippen LogP contribution in [0.1, 0.15) is 11.1 Å². The molecule has 7 nitrogen and oxygen atoms in total. The Morgan fingerprint density at radius 1 is 0.963 bits per heavy atom. The smallest absolute Gasteiger partial charge is 0.331 e. The molecule has 2 aliphatic rings. The van der Waals surface area contributed by atoms with Gasteiger partial charge in [-0.25, -0.2) is 4.79 Å². The van der Waals surface area contributed by atoms with Crippen LogP contribution < -0.4 is 18.9 Å². The van der Waals surface area contributed by atoms with Crippen molar-refractivity contribution in [2.45, 2.75) is 6.42 Å². The molecule has 2 aliphatic heterocycles. The highest BCUT2D eigenvalue weighted by molar-refractivity contribution is 5.93. The number of aliphatic hydroxyl groups is 1. The number of aliphatic carboxylic acids is 1. The van der Waals surface area contributed by atoms with Crippen LogP contribution in [0, 0.1) is 5.92 Å². The van der Waals surface area contributed by atoms with Gasteiger partial charge in [0.05, 0.1) is 6.61 Å². The van der Waals surface area contributed by atoms with Crippen LogP contribution in [-0.2, 0) is 11.2 Å². The van der Waals surface area contributed by atoms with E-state index in [9.17, 15) is 15.0 Å². The normalized spacial score (nSPS) is 15.7. The van der Waals surface area contributed by atoms with Gasteiger partial charge in [-0.15, -0.1) is 0 Å². The van der Waals surface area contributed by atoms with Crippen molar-refractivity contribution in [2.75, 3.05) is 20.2 Å². The lowest BCUT2D eigenvalue weighted by molar-refractivity contribution is -0.133. The van der Waals surface area contributed by atoms with Crippen molar-refractivity contribution in [3.05, 3.63) is 53.1 Å². The average molecular weight is 370 g/mol. The van der Waals surface area contributed by atoms with Gasteiger partial charge in [0.2, 0.25) is 13.6 Å². The number of hydrogen-bond donors (Lipinski definition) is 2. The Morgan fingerprint density at radius 2 is 1.59 bits per heavy atom. The van der Waals surface area contributed by atoms with Crippen molar-refractivity contribution in [3.8, 4) is 23.0 Å². The Kier molecular flexibility index (Phi) is 4.60. The van der Waals surface area contributed by atoms with E-state index < -0.39 is 11.9 Å². The number of carbonyl (C=O) groups is 1. The minimum absolute atomic E-state index is 0.119. The maximum Gasteiger partial charge on any atom is 0.331 e. The van der Waals surface area contributed by atoms with E-state index in [1.54, 1.807) is 30.3 Å². The molecule has 0 radical (unpaired) electrons. The fraction of sp³-hybridized carbons (Fsp3) is 0.250. The van der Waals surface area contributed by atoms with Gasteiger partial charge >= 0.3 is 5.97 Å². The van der Waals surface area contributed by atoms with E-state index in [0.717, 1.165) is 5.56 Å². The van der Waals surface area contributed by atoms with Crippen molar-refractivity contribution in [3.63, 3.8) is 0 Å². The summed E-state index contributed by atoms with van der Waals surface area (Å²) >= 11 is 0. The summed E-state index contributed by atoms with van der Waals surface area (Å²) in [6, 6.07) is 10.7. The molecule has 0 saturated heterocycles. The molecule has 0 amide bonds. The third-order valence-corrected chi connectivity index (χ3v) is 4.55. The number of fused-ring (bicyclic) bond motifs is 2. The Balaban J connectivity index is 1.60. The van der Waals surface area contributed by atoms with E-state index in [4.69, 9.17) is 18.9 Å². The minimum Gasteiger partial charge on any atom is -0.478 e. The molecule has 2 heterocycles. The summed E-state index contributed by atoms with van der Waals surface area (Å²) in [6.07, 6.45) is 1.91. The van der Waals surface area contributed by atoms with Crippen molar-refractivity contribution in [1.82, 2.24) is 0 Å². The monoisotopic (exact) mass is 370 g/mol. The second-order valence-corrected chi connectivity index (χ2v) is 6.29. The summed E-state index contributed by atoms with van der Waals surface area (Å²) in [4.78, 5) is 11.8. The van der Waals surface area contributed by atoms with Crippen molar-refractivity contribution >= 4 is 12.0 Å². The van der Waals surface area contributed by atoms with Gasteiger partial charge < -0.3 is 29.2 Å². The first-order chi connectivity index (χ1) is 13.1. The zero-order valence-electron chi connectivity index (χ0n) is 14.4. The van der Waals surface area contributed by atoms with Gasteiger partial charge in [-0.05, 0) is 47.9 Å². The van der Waals surface area contributed by atoms with Crippen LogP contribution in [0.15, 0.2) is 42.0 Å². The fourth-order valence-corrected chi connectivity index (χ4v) is 3.16. The molecule has 4 rings (SSSR count). The predicted molar refractivity (Wildman–Crippen MR) is 95.0 cm³/mol. The quantitative estimate of drug-likeness (QED) is 0.754. The lowest BCUT2D eigenvalue weighted by atomic mass is 9.90. The summed E-state index contributed by atoms with van der Waals surface area (Å²) in [7, 11) is 0. The average Bonchev–Trinajstić information content (AvgIpc) is 3.32.